The van der Waals surface area contributed by atoms with Crippen LogP contribution in [0.3, 0.4) is 0 Å². The lowest BCUT2D eigenvalue weighted by atomic mass is 10.1. The molecule has 1 atom stereocenters. The highest BCUT2D eigenvalue weighted by molar-refractivity contribution is 7.89. The van der Waals surface area contributed by atoms with E-state index in [0.717, 1.165) is 0 Å². The molecular formula is C9H11Cl2NO3S. The molecule has 0 saturated heterocycles. The van der Waals surface area contributed by atoms with Crippen LogP contribution in [0.1, 0.15) is 18.1 Å². The Balaban J connectivity index is 2.80. The van der Waals surface area contributed by atoms with E-state index in [-0.39, 0.29) is 12.2 Å². The maximum atomic E-state index is 10.7. The van der Waals surface area contributed by atoms with E-state index in [1.165, 1.54) is 6.07 Å². The topological polar surface area (TPSA) is 80.4 Å². The van der Waals surface area contributed by atoms with E-state index in [4.69, 9.17) is 28.3 Å². The van der Waals surface area contributed by atoms with Crippen LogP contribution in [0.2, 0.25) is 10.0 Å². The Bertz CT molecular complexity index is 476. The van der Waals surface area contributed by atoms with Crippen LogP contribution >= 0.6 is 23.2 Å². The molecule has 0 aliphatic carbocycles. The zero-order chi connectivity index (χ0) is 12.3. The van der Waals surface area contributed by atoms with Crippen LogP contribution in [0.25, 0.3) is 0 Å². The molecule has 4 nitrogen and oxygen atoms in total. The van der Waals surface area contributed by atoms with Gasteiger partial charge in [-0.1, -0.05) is 23.2 Å². The van der Waals surface area contributed by atoms with Gasteiger partial charge in [-0.05, 0) is 24.6 Å². The van der Waals surface area contributed by atoms with E-state index in [0.29, 0.717) is 15.6 Å². The van der Waals surface area contributed by atoms with Gasteiger partial charge in [0.1, 0.15) is 0 Å². The molecule has 0 spiro atoms. The molecule has 0 saturated carbocycles. The maximum absolute atomic E-state index is 10.7. The quantitative estimate of drug-likeness (QED) is 0.883. The molecule has 0 radical (unpaired) electrons. The molecule has 0 aliphatic heterocycles. The second-order valence-corrected chi connectivity index (χ2v) is 5.91. The summed E-state index contributed by atoms with van der Waals surface area (Å²) in [6, 6.07) is 4.62. The van der Waals surface area contributed by atoms with E-state index in [1.54, 1.807) is 12.1 Å². The van der Waals surface area contributed by atoms with Crippen molar-refractivity contribution in [3.05, 3.63) is 33.8 Å². The van der Waals surface area contributed by atoms with Crippen molar-refractivity contribution < 1.29 is 13.5 Å². The molecule has 16 heavy (non-hydrogen) atoms. The van der Waals surface area contributed by atoms with Crippen molar-refractivity contribution in [2.24, 2.45) is 5.14 Å². The van der Waals surface area contributed by atoms with E-state index < -0.39 is 16.1 Å². The Hall–Kier alpha value is -0.330. The zero-order valence-corrected chi connectivity index (χ0v) is 10.6. The first-order chi connectivity index (χ1) is 7.29. The van der Waals surface area contributed by atoms with E-state index in [9.17, 15) is 13.5 Å². The molecule has 0 bridgehead atoms. The van der Waals surface area contributed by atoms with Gasteiger partial charge in [0.2, 0.25) is 10.0 Å². The summed E-state index contributed by atoms with van der Waals surface area (Å²) in [5.41, 5.74) is 0.401. The van der Waals surface area contributed by atoms with Crippen LogP contribution in [0, 0.1) is 0 Å². The first kappa shape index (κ1) is 13.7. The fourth-order valence-electron chi connectivity index (χ4n) is 1.20. The largest absolute Gasteiger partial charge is 0.388 e. The van der Waals surface area contributed by atoms with Crippen molar-refractivity contribution in [2.75, 3.05) is 5.75 Å². The molecule has 0 aromatic heterocycles. The number of benzene rings is 1. The van der Waals surface area contributed by atoms with Gasteiger partial charge in [-0.2, -0.15) is 0 Å². The smallest absolute Gasteiger partial charge is 0.209 e. The highest BCUT2D eigenvalue weighted by atomic mass is 35.5. The van der Waals surface area contributed by atoms with Gasteiger partial charge in [-0.15, -0.1) is 0 Å². The number of nitrogens with two attached hydrogens (primary N) is 1. The maximum Gasteiger partial charge on any atom is 0.209 e. The zero-order valence-electron chi connectivity index (χ0n) is 8.23. The SMILES string of the molecule is NS(=O)(=O)CCC(O)c1cc(Cl)ccc1Cl. The van der Waals surface area contributed by atoms with Crippen molar-refractivity contribution in [3.8, 4) is 0 Å². The molecule has 1 aromatic carbocycles. The lowest BCUT2D eigenvalue weighted by molar-refractivity contribution is 0.174. The molecular weight excluding hydrogens is 273 g/mol. The summed E-state index contributed by atoms with van der Waals surface area (Å²) in [4.78, 5) is 0. The minimum atomic E-state index is -3.59. The molecule has 1 aromatic rings. The number of primary sulfonamides is 1. The summed E-state index contributed by atoms with van der Waals surface area (Å²) >= 11 is 11.6. The average Bonchev–Trinajstić information content (AvgIpc) is 2.17. The minimum Gasteiger partial charge on any atom is -0.388 e. The Labute approximate surface area is 104 Å². The van der Waals surface area contributed by atoms with Crippen molar-refractivity contribution in [1.82, 2.24) is 0 Å². The number of aliphatic hydroxyl groups excluding tert-OH is 1. The third-order valence-corrected chi connectivity index (χ3v) is 3.38. The van der Waals surface area contributed by atoms with Gasteiger partial charge in [0.05, 0.1) is 11.9 Å². The van der Waals surface area contributed by atoms with Crippen molar-refractivity contribution in [2.45, 2.75) is 12.5 Å². The monoisotopic (exact) mass is 283 g/mol. The van der Waals surface area contributed by atoms with E-state index in [2.05, 4.69) is 0 Å². The molecule has 0 amide bonds. The number of rotatable bonds is 4. The van der Waals surface area contributed by atoms with Gasteiger partial charge < -0.3 is 5.11 Å². The Morgan fingerprint density at radius 1 is 1.38 bits per heavy atom. The Morgan fingerprint density at radius 2 is 2.00 bits per heavy atom. The van der Waals surface area contributed by atoms with Crippen LogP contribution in [0.15, 0.2) is 18.2 Å². The normalized spacial score (nSPS) is 13.8. The van der Waals surface area contributed by atoms with Gasteiger partial charge in [0.15, 0.2) is 0 Å². The molecule has 7 heteroatoms. The van der Waals surface area contributed by atoms with Crippen LogP contribution in [-0.2, 0) is 10.0 Å². The van der Waals surface area contributed by atoms with Gasteiger partial charge in [0.25, 0.3) is 0 Å². The predicted molar refractivity (Wildman–Crippen MR) is 64.0 cm³/mol. The van der Waals surface area contributed by atoms with Crippen LogP contribution in [0.5, 0.6) is 0 Å². The molecule has 0 fully saturated rings. The third kappa shape index (κ3) is 4.27. The van der Waals surface area contributed by atoms with Gasteiger partial charge in [-0.25, -0.2) is 13.6 Å². The van der Waals surface area contributed by atoms with Crippen molar-refractivity contribution >= 4 is 33.2 Å². The number of hydrogen-bond donors (Lipinski definition) is 2. The summed E-state index contributed by atoms with van der Waals surface area (Å²) < 4.78 is 21.5. The lowest BCUT2D eigenvalue weighted by Crippen LogP contribution is -2.18. The number of hydrogen-bond acceptors (Lipinski definition) is 3. The first-order valence-electron chi connectivity index (χ1n) is 4.43. The minimum absolute atomic E-state index is 0.0150. The predicted octanol–water partition coefficient (Wildman–Crippen LogP) is 1.71. The second-order valence-electron chi connectivity index (χ2n) is 3.34. The van der Waals surface area contributed by atoms with Gasteiger partial charge >= 0.3 is 0 Å². The summed E-state index contributed by atoms with van der Waals surface area (Å²) in [6.07, 6.45) is -1.01. The Kier molecular flexibility index (Phi) is 4.58. The van der Waals surface area contributed by atoms with Crippen LogP contribution < -0.4 is 5.14 Å². The molecule has 90 valence electrons. The fraction of sp³-hybridized carbons (Fsp3) is 0.333. The van der Waals surface area contributed by atoms with Gasteiger partial charge in [-0.3, -0.25) is 0 Å². The molecule has 0 aliphatic rings. The Morgan fingerprint density at radius 3 is 2.56 bits per heavy atom. The number of halogens is 2. The summed E-state index contributed by atoms with van der Waals surface area (Å²) in [6.45, 7) is 0. The van der Waals surface area contributed by atoms with Crippen molar-refractivity contribution in [3.63, 3.8) is 0 Å². The second kappa shape index (κ2) is 5.33. The highest BCUT2D eigenvalue weighted by Crippen LogP contribution is 2.28. The molecule has 1 unspecified atom stereocenters. The lowest BCUT2D eigenvalue weighted by Gasteiger charge is -2.12. The van der Waals surface area contributed by atoms with Gasteiger partial charge in [0, 0.05) is 15.6 Å². The van der Waals surface area contributed by atoms with Crippen molar-refractivity contribution in [1.29, 1.82) is 0 Å². The van der Waals surface area contributed by atoms with Crippen LogP contribution in [-0.4, -0.2) is 19.3 Å². The highest BCUT2D eigenvalue weighted by Gasteiger charge is 2.15. The summed E-state index contributed by atoms with van der Waals surface area (Å²) in [7, 11) is -3.59. The molecule has 0 heterocycles. The summed E-state index contributed by atoms with van der Waals surface area (Å²) in [5.74, 6) is -0.309. The van der Waals surface area contributed by atoms with E-state index >= 15 is 0 Å². The average molecular weight is 284 g/mol. The number of aliphatic hydroxyl groups is 1. The number of sulfonamides is 1. The van der Waals surface area contributed by atoms with E-state index in [1.807, 2.05) is 0 Å². The summed E-state index contributed by atoms with van der Waals surface area (Å²) in [5, 5.41) is 15.3. The fourth-order valence-corrected chi connectivity index (χ4v) is 2.18. The standard InChI is InChI=1S/C9H11Cl2NO3S/c10-6-1-2-8(11)7(5-6)9(13)3-4-16(12,14)15/h1-2,5,9,13H,3-4H2,(H2,12,14,15). The third-order valence-electron chi connectivity index (χ3n) is 1.99. The van der Waals surface area contributed by atoms with Crippen LogP contribution in [0.4, 0.5) is 0 Å². The molecule has 3 N–H and O–H groups in total. The molecule has 1 rings (SSSR count). The first-order valence-corrected chi connectivity index (χ1v) is 6.90.